The molecule has 106 valence electrons. The van der Waals surface area contributed by atoms with E-state index in [1.165, 1.54) is 10.5 Å². The first-order chi connectivity index (χ1) is 10.2. The van der Waals surface area contributed by atoms with Gasteiger partial charge in [-0.1, -0.05) is 35.9 Å². The fourth-order valence-electron chi connectivity index (χ4n) is 2.33. The van der Waals surface area contributed by atoms with Crippen LogP contribution in [0.1, 0.15) is 17.2 Å². The van der Waals surface area contributed by atoms with Crippen molar-refractivity contribution in [2.24, 2.45) is 0 Å². The number of thioether (sulfide) groups is 1. The molecule has 1 atom stereocenters. The molecule has 2 nitrogen and oxygen atoms in total. The van der Waals surface area contributed by atoms with Gasteiger partial charge >= 0.3 is 0 Å². The van der Waals surface area contributed by atoms with Crippen LogP contribution in [0.4, 0.5) is 0 Å². The number of aromatic nitrogens is 1. The number of fused-ring (bicyclic) bond motifs is 1. The van der Waals surface area contributed by atoms with Crippen LogP contribution in [0.3, 0.4) is 0 Å². The summed E-state index contributed by atoms with van der Waals surface area (Å²) in [6.45, 7) is 2.08. The molecule has 1 unspecified atom stereocenters. The van der Waals surface area contributed by atoms with Crippen molar-refractivity contribution in [2.75, 3.05) is 5.75 Å². The smallest absolute Gasteiger partial charge is 0.0890 e. The molecule has 3 aromatic rings. The number of pyridine rings is 1. The van der Waals surface area contributed by atoms with Gasteiger partial charge in [-0.05, 0) is 36.1 Å². The fourth-order valence-corrected chi connectivity index (χ4v) is 3.19. The maximum absolute atomic E-state index is 10.5. The molecule has 0 spiro atoms. The lowest BCUT2D eigenvalue weighted by molar-refractivity contribution is 0.205. The van der Waals surface area contributed by atoms with E-state index in [2.05, 4.69) is 36.2 Å². The molecule has 0 aliphatic heterocycles. The summed E-state index contributed by atoms with van der Waals surface area (Å²) in [5, 5.41) is 12.6. The molecule has 0 aliphatic carbocycles. The second-order valence-corrected chi connectivity index (χ2v) is 6.18. The lowest BCUT2D eigenvalue weighted by Crippen LogP contribution is -2.01. The molecule has 21 heavy (non-hydrogen) atoms. The van der Waals surface area contributed by atoms with Crippen LogP contribution in [0, 0.1) is 6.92 Å². The molecule has 3 heteroatoms. The maximum Gasteiger partial charge on any atom is 0.0890 e. The van der Waals surface area contributed by atoms with Crippen LogP contribution in [0.2, 0.25) is 0 Å². The minimum absolute atomic E-state index is 0.496. The molecule has 1 heterocycles. The lowest BCUT2D eigenvalue weighted by Gasteiger charge is -2.13. The molecule has 0 fully saturated rings. The van der Waals surface area contributed by atoms with Gasteiger partial charge in [-0.15, -0.1) is 11.8 Å². The Balaban J connectivity index is 1.78. The molecular formula is C18H17NOS. The van der Waals surface area contributed by atoms with Crippen molar-refractivity contribution in [1.82, 2.24) is 4.98 Å². The van der Waals surface area contributed by atoms with Crippen molar-refractivity contribution < 1.29 is 5.11 Å². The van der Waals surface area contributed by atoms with Crippen molar-refractivity contribution in [3.8, 4) is 0 Å². The van der Waals surface area contributed by atoms with Gasteiger partial charge in [-0.2, -0.15) is 0 Å². The first-order valence-corrected chi connectivity index (χ1v) is 7.93. The first-order valence-electron chi connectivity index (χ1n) is 6.94. The second kappa shape index (κ2) is 6.29. The van der Waals surface area contributed by atoms with Crippen molar-refractivity contribution >= 4 is 22.5 Å². The molecule has 0 aliphatic rings. The van der Waals surface area contributed by atoms with Gasteiger partial charge in [0.25, 0.3) is 0 Å². The molecule has 0 radical (unpaired) electrons. The first kappa shape index (κ1) is 14.1. The zero-order valence-corrected chi connectivity index (χ0v) is 12.7. The van der Waals surface area contributed by atoms with Crippen molar-refractivity contribution in [3.63, 3.8) is 0 Å². The van der Waals surface area contributed by atoms with E-state index >= 15 is 0 Å². The molecule has 0 saturated heterocycles. The summed E-state index contributed by atoms with van der Waals surface area (Å²) in [4.78, 5) is 5.34. The zero-order valence-electron chi connectivity index (χ0n) is 11.9. The third-order valence-corrected chi connectivity index (χ3v) is 4.59. The number of aryl methyl sites for hydroxylation is 1. The third-order valence-electron chi connectivity index (χ3n) is 3.51. The van der Waals surface area contributed by atoms with Crippen LogP contribution in [0.15, 0.2) is 65.8 Å². The minimum atomic E-state index is -0.496. The van der Waals surface area contributed by atoms with Crippen LogP contribution < -0.4 is 0 Å². The minimum Gasteiger partial charge on any atom is -0.388 e. The normalized spacial score (nSPS) is 12.5. The Morgan fingerprint density at radius 2 is 1.90 bits per heavy atom. The van der Waals surface area contributed by atoms with Crippen molar-refractivity contribution in [2.45, 2.75) is 17.9 Å². The highest BCUT2D eigenvalue weighted by Gasteiger charge is 2.11. The average Bonchev–Trinajstić information content (AvgIpc) is 2.53. The van der Waals surface area contributed by atoms with Gasteiger partial charge in [-0.25, -0.2) is 0 Å². The van der Waals surface area contributed by atoms with E-state index in [-0.39, 0.29) is 0 Å². The Bertz CT molecular complexity index is 734. The van der Waals surface area contributed by atoms with Gasteiger partial charge < -0.3 is 5.11 Å². The number of hydrogen-bond acceptors (Lipinski definition) is 3. The molecule has 1 N–H and O–H groups in total. The molecule has 1 aromatic heterocycles. The average molecular weight is 295 g/mol. The topological polar surface area (TPSA) is 33.1 Å². The van der Waals surface area contributed by atoms with Gasteiger partial charge in [0.2, 0.25) is 0 Å². The third kappa shape index (κ3) is 3.26. The Hall–Kier alpha value is -1.84. The highest BCUT2D eigenvalue weighted by Crippen LogP contribution is 2.29. The summed E-state index contributed by atoms with van der Waals surface area (Å²) >= 11 is 1.67. The van der Waals surface area contributed by atoms with Gasteiger partial charge in [0, 0.05) is 28.4 Å². The number of benzene rings is 2. The Labute approximate surface area is 128 Å². The number of nitrogens with zero attached hydrogens (tertiary/aromatic N) is 1. The Kier molecular flexibility index (Phi) is 4.23. The van der Waals surface area contributed by atoms with E-state index in [9.17, 15) is 5.11 Å². The summed E-state index contributed by atoms with van der Waals surface area (Å²) < 4.78 is 0. The van der Waals surface area contributed by atoms with Crippen LogP contribution in [0.25, 0.3) is 10.8 Å². The number of hydrogen-bond donors (Lipinski definition) is 1. The van der Waals surface area contributed by atoms with Crippen LogP contribution in [0.5, 0.6) is 0 Å². The monoisotopic (exact) mass is 295 g/mol. The molecular weight excluding hydrogens is 278 g/mol. The summed E-state index contributed by atoms with van der Waals surface area (Å²) in [5.74, 6) is 0.636. The van der Waals surface area contributed by atoms with Crippen molar-refractivity contribution in [3.05, 3.63) is 72.1 Å². The molecule has 2 aromatic carbocycles. The van der Waals surface area contributed by atoms with Gasteiger partial charge in [0.15, 0.2) is 0 Å². The van der Waals surface area contributed by atoms with E-state index in [4.69, 9.17) is 0 Å². The molecule has 0 bridgehead atoms. The van der Waals surface area contributed by atoms with Crippen LogP contribution in [-0.4, -0.2) is 15.8 Å². The van der Waals surface area contributed by atoms with E-state index in [1.54, 1.807) is 18.0 Å². The fraction of sp³-hybridized carbons (Fsp3) is 0.167. The largest absolute Gasteiger partial charge is 0.388 e. The SMILES string of the molecule is Cc1ccc(SCC(O)c2cccc3ccncc23)cc1. The second-order valence-electron chi connectivity index (χ2n) is 5.08. The summed E-state index contributed by atoms with van der Waals surface area (Å²) in [5.41, 5.74) is 2.19. The Morgan fingerprint density at radius 3 is 2.71 bits per heavy atom. The van der Waals surface area contributed by atoms with E-state index in [0.717, 1.165) is 16.3 Å². The maximum atomic E-state index is 10.5. The van der Waals surface area contributed by atoms with E-state index in [0.29, 0.717) is 5.75 Å². The van der Waals surface area contributed by atoms with Crippen LogP contribution in [-0.2, 0) is 0 Å². The number of rotatable bonds is 4. The standard InChI is InChI=1S/C18H17NOS/c1-13-5-7-15(8-6-13)21-12-18(20)16-4-2-3-14-9-10-19-11-17(14)16/h2-11,18,20H,12H2,1H3. The highest BCUT2D eigenvalue weighted by molar-refractivity contribution is 7.99. The highest BCUT2D eigenvalue weighted by atomic mass is 32.2. The van der Waals surface area contributed by atoms with Gasteiger partial charge in [0.1, 0.15) is 0 Å². The predicted octanol–water partition coefficient (Wildman–Crippen LogP) is 4.37. The van der Waals surface area contributed by atoms with Crippen molar-refractivity contribution in [1.29, 1.82) is 0 Å². The lowest BCUT2D eigenvalue weighted by atomic mass is 10.0. The quantitative estimate of drug-likeness (QED) is 0.726. The zero-order chi connectivity index (χ0) is 14.7. The molecule has 0 saturated carbocycles. The summed E-state index contributed by atoms with van der Waals surface area (Å²) in [6.07, 6.45) is 3.11. The number of aliphatic hydroxyl groups is 1. The number of aliphatic hydroxyl groups excluding tert-OH is 1. The van der Waals surface area contributed by atoms with E-state index in [1.807, 2.05) is 30.5 Å². The molecule has 3 rings (SSSR count). The van der Waals surface area contributed by atoms with Crippen LogP contribution >= 0.6 is 11.8 Å². The van der Waals surface area contributed by atoms with Gasteiger partial charge in [-0.3, -0.25) is 4.98 Å². The van der Waals surface area contributed by atoms with Gasteiger partial charge in [0.05, 0.1) is 6.10 Å². The molecule has 0 amide bonds. The summed E-state index contributed by atoms with van der Waals surface area (Å²) in [6, 6.07) is 16.3. The Morgan fingerprint density at radius 1 is 1.10 bits per heavy atom. The predicted molar refractivity (Wildman–Crippen MR) is 88.6 cm³/mol. The summed E-state index contributed by atoms with van der Waals surface area (Å²) in [7, 11) is 0. The van der Waals surface area contributed by atoms with E-state index < -0.39 is 6.10 Å².